The molecule has 0 fully saturated rings. The topological polar surface area (TPSA) is 131 Å². The van der Waals surface area contributed by atoms with Crippen molar-refractivity contribution in [3.8, 4) is 11.4 Å². The lowest BCUT2D eigenvalue weighted by atomic mass is 10.0. The highest BCUT2D eigenvalue weighted by atomic mass is 16.6. The number of non-ortho nitro benzene ring substituents is 1. The van der Waals surface area contributed by atoms with Gasteiger partial charge in [0.1, 0.15) is 22.5 Å². The molecule has 0 radical (unpaired) electrons. The Labute approximate surface area is 182 Å². The average Bonchev–Trinajstić information content (AvgIpc) is 3.22. The number of ketones is 1. The Kier molecular flexibility index (Phi) is 5.73. The van der Waals surface area contributed by atoms with Gasteiger partial charge in [0, 0.05) is 29.9 Å². The van der Waals surface area contributed by atoms with Gasteiger partial charge in [-0.15, -0.1) is 15.0 Å². The Bertz CT molecular complexity index is 1350. The Balaban J connectivity index is 1.76. The first kappa shape index (κ1) is 20.9. The Morgan fingerprint density at radius 2 is 1.81 bits per heavy atom. The normalized spacial score (nSPS) is 11.3. The molecule has 160 valence electrons. The van der Waals surface area contributed by atoms with Crippen molar-refractivity contribution in [1.82, 2.24) is 15.0 Å². The first-order chi connectivity index (χ1) is 15.5. The number of aliphatic hydroxyl groups excluding tert-OH is 1. The van der Waals surface area contributed by atoms with Crippen LogP contribution in [0.3, 0.4) is 0 Å². The fourth-order valence-electron chi connectivity index (χ4n) is 3.24. The zero-order valence-electron chi connectivity index (χ0n) is 16.8. The van der Waals surface area contributed by atoms with Crippen LogP contribution >= 0.6 is 0 Å². The van der Waals surface area contributed by atoms with Gasteiger partial charge in [0.05, 0.1) is 4.92 Å². The third-order valence-electron chi connectivity index (χ3n) is 4.84. The van der Waals surface area contributed by atoms with E-state index in [1.165, 1.54) is 35.1 Å². The quantitative estimate of drug-likeness (QED) is 0.199. The van der Waals surface area contributed by atoms with E-state index in [1.807, 2.05) is 6.07 Å². The number of aromatic nitrogens is 3. The number of phenols is 1. The van der Waals surface area contributed by atoms with Crippen LogP contribution in [-0.2, 0) is 6.42 Å². The summed E-state index contributed by atoms with van der Waals surface area (Å²) in [4.78, 5) is 24.1. The summed E-state index contributed by atoms with van der Waals surface area (Å²) in [6.07, 6.45) is 3.16. The van der Waals surface area contributed by atoms with E-state index in [0.717, 1.165) is 0 Å². The molecule has 0 aliphatic heterocycles. The largest absolute Gasteiger partial charge is 0.505 e. The Hall–Kier alpha value is -4.37. The number of fused-ring (bicyclic) bond motifs is 1. The first-order valence-electron chi connectivity index (χ1n) is 9.72. The molecule has 0 aliphatic carbocycles. The highest BCUT2D eigenvalue weighted by Crippen LogP contribution is 2.30. The van der Waals surface area contributed by atoms with E-state index in [9.17, 15) is 25.1 Å². The van der Waals surface area contributed by atoms with E-state index in [1.54, 1.807) is 36.4 Å². The van der Waals surface area contributed by atoms with E-state index in [-0.39, 0.29) is 29.5 Å². The van der Waals surface area contributed by atoms with Crippen molar-refractivity contribution in [3.05, 3.63) is 93.5 Å². The van der Waals surface area contributed by atoms with E-state index >= 15 is 0 Å². The molecule has 0 atom stereocenters. The lowest BCUT2D eigenvalue weighted by Crippen LogP contribution is -2.03. The van der Waals surface area contributed by atoms with Crippen molar-refractivity contribution < 1.29 is 19.9 Å². The fraction of sp³-hybridized carbons (Fsp3) is 0.0870. The van der Waals surface area contributed by atoms with Gasteiger partial charge >= 0.3 is 0 Å². The number of rotatable bonds is 7. The summed E-state index contributed by atoms with van der Waals surface area (Å²) >= 11 is 0. The van der Waals surface area contributed by atoms with Crippen LogP contribution in [0, 0.1) is 10.1 Å². The number of hydrogen-bond donors (Lipinski definition) is 2. The summed E-state index contributed by atoms with van der Waals surface area (Å²) < 4.78 is 0. The van der Waals surface area contributed by atoms with Crippen molar-refractivity contribution in [2.45, 2.75) is 6.42 Å². The molecule has 0 unspecified atom stereocenters. The lowest BCUT2D eigenvalue weighted by molar-refractivity contribution is -0.384. The maximum Gasteiger partial charge on any atom is 0.271 e. The van der Waals surface area contributed by atoms with Gasteiger partial charge in [0.15, 0.2) is 5.78 Å². The van der Waals surface area contributed by atoms with Gasteiger partial charge < -0.3 is 10.2 Å². The molecule has 1 heterocycles. The lowest BCUT2D eigenvalue weighted by Gasteiger charge is -2.10. The van der Waals surface area contributed by atoms with Gasteiger partial charge in [-0.25, -0.2) is 0 Å². The predicted octanol–water partition coefficient (Wildman–Crippen LogP) is 3.47. The summed E-state index contributed by atoms with van der Waals surface area (Å²) in [5, 5.41) is 39.8. The van der Waals surface area contributed by atoms with Crippen molar-refractivity contribution in [2.24, 2.45) is 0 Å². The number of aromatic hydroxyl groups is 1. The van der Waals surface area contributed by atoms with Crippen LogP contribution in [0.25, 0.3) is 22.8 Å². The van der Waals surface area contributed by atoms with Crippen LogP contribution in [0.4, 0.5) is 5.69 Å². The van der Waals surface area contributed by atoms with Crippen molar-refractivity contribution >= 4 is 28.6 Å². The van der Waals surface area contributed by atoms with E-state index in [4.69, 9.17) is 0 Å². The molecule has 3 aromatic carbocycles. The van der Waals surface area contributed by atoms with Gasteiger partial charge in [0.2, 0.25) is 0 Å². The molecule has 4 rings (SSSR count). The molecule has 0 saturated heterocycles. The van der Waals surface area contributed by atoms with Crippen LogP contribution in [0.1, 0.15) is 21.5 Å². The number of nitro benzene ring substituents is 1. The van der Waals surface area contributed by atoms with Gasteiger partial charge in [-0.05, 0) is 42.3 Å². The molecule has 0 spiro atoms. The third-order valence-corrected chi connectivity index (χ3v) is 4.84. The minimum absolute atomic E-state index is 0.114. The number of nitro groups is 1. The minimum Gasteiger partial charge on any atom is -0.505 e. The molecule has 9 heteroatoms. The summed E-state index contributed by atoms with van der Waals surface area (Å²) in [6, 6.07) is 16.1. The third kappa shape index (κ3) is 4.23. The fourth-order valence-corrected chi connectivity index (χ4v) is 3.24. The molecule has 4 aromatic rings. The van der Waals surface area contributed by atoms with E-state index in [2.05, 4.69) is 10.2 Å². The van der Waals surface area contributed by atoms with Crippen molar-refractivity contribution in [3.63, 3.8) is 0 Å². The van der Waals surface area contributed by atoms with Crippen molar-refractivity contribution in [2.75, 3.05) is 6.61 Å². The molecule has 2 N–H and O–H groups in total. The summed E-state index contributed by atoms with van der Waals surface area (Å²) in [5.74, 6) is -0.395. The maximum absolute atomic E-state index is 12.4. The second kappa shape index (κ2) is 8.78. The van der Waals surface area contributed by atoms with Gasteiger partial charge in [-0.2, -0.15) is 0 Å². The number of phenolic OH excluding ortho intramolecular Hbond substituents is 1. The minimum atomic E-state index is -0.523. The van der Waals surface area contributed by atoms with Gasteiger partial charge in [-0.1, -0.05) is 30.3 Å². The molecule has 0 aliphatic rings. The summed E-state index contributed by atoms with van der Waals surface area (Å²) in [7, 11) is 0. The average molecular weight is 430 g/mol. The second-order valence-electron chi connectivity index (χ2n) is 7.01. The van der Waals surface area contributed by atoms with Crippen LogP contribution in [0.15, 0.2) is 66.7 Å². The van der Waals surface area contributed by atoms with E-state index in [0.29, 0.717) is 34.1 Å². The number of nitrogens with zero attached hydrogens (tertiary/aromatic N) is 4. The molecule has 32 heavy (non-hydrogen) atoms. The number of aliphatic hydroxyl groups is 1. The predicted molar refractivity (Wildman–Crippen MR) is 118 cm³/mol. The highest BCUT2D eigenvalue weighted by molar-refractivity contribution is 6.07. The maximum atomic E-state index is 12.4. The Morgan fingerprint density at radius 1 is 1.06 bits per heavy atom. The number of hydrogen-bond acceptors (Lipinski definition) is 7. The first-order valence-corrected chi connectivity index (χ1v) is 9.72. The van der Waals surface area contributed by atoms with Gasteiger partial charge in [0.25, 0.3) is 5.69 Å². The number of allylic oxidation sites excluding steroid dienone is 1. The zero-order valence-corrected chi connectivity index (χ0v) is 16.8. The van der Waals surface area contributed by atoms with Crippen LogP contribution in [-0.4, -0.2) is 42.5 Å². The molecule has 9 nitrogen and oxygen atoms in total. The van der Waals surface area contributed by atoms with Crippen LogP contribution < -0.4 is 0 Å². The standard InChI is InChI=1S/C23H18N4O5/c28-11-10-15-12-17(6-9-22(29)16-4-2-1-3-5-16)23(30)21(13-15)26-24-19-8-7-18(27(31)32)14-20(19)25-26/h1-9,12-14,28,30H,10-11H2. The molecular formula is C23H18N4O5. The molecule has 0 saturated carbocycles. The van der Waals surface area contributed by atoms with Gasteiger partial charge in [-0.3, -0.25) is 14.9 Å². The SMILES string of the molecule is O=C(C=Cc1cc(CCO)cc(-n2nc3ccc([N+](=O)[O-])cc3n2)c1O)c1ccccc1. The molecule has 0 amide bonds. The summed E-state index contributed by atoms with van der Waals surface area (Å²) in [5.41, 5.74) is 2.37. The summed E-state index contributed by atoms with van der Waals surface area (Å²) in [6.45, 7) is -0.114. The van der Waals surface area contributed by atoms with Crippen LogP contribution in [0.5, 0.6) is 5.75 Å². The molecular weight excluding hydrogens is 412 g/mol. The number of carbonyl (C=O) groups excluding carboxylic acids is 1. The van der Waals surface area contributed by atoms with E-state index < -0.39 is 4.92 Å². The monoisotopic (exact) mass is 430 g/mol. The number of benzene rings is 3. The molecule has 0 bridgehead atoms. The number of carbonyl (C=O) groups is 1. The molecule has 1 aromatic heterocycles. The zero-order chi connectivity index (χ0) is 22.7. The van der Waals surface area contributed by atoms with Crippen LogP contribution in [0.2, 0.25) is 0 Å². The highest BCUT2D eigenvalue weighted by Gasteiger charge is 2.16. The second-order valence-corrected chi connectivity index (χ2v) is 7.01. The Morgan fingerprint density at radius 3 is 2.53 bits per heavy atom. The smallest absolute Gasteiger partial charge is 0.271 e. The van der Waals surface area contributed by atoms with Crippen molar-refractivity contribution in [1.29, 1.82) is 0 Å².